The first-order chi connectivity index (χ1) is 16.4. The minimum atomic E-state index is -3.82. The standard InChI is InChI=1S/C24H31N3O6S/c1-32-21-9-8-18(15-22(21)34(30,31)26-19-5-2-3-6-19)24(29)27-12-10-17(11-13-27)23(28)25-16-20-7-4-14-33-20/h4,7-9,14-15,17,19,26H,2-3,5-6,10-13,16H2,1H3,(H,25,28). The van der Waals surface area contributed by atoms with Crippen molar-refractivity contribution in [3.05, 3.63) is 47.9 Å². The first-order valence-electron chi connectivity index (χ1n) is 11.7. The molecule has 0 bridgehead atoms. The Bertz CT molecular complexity index is 1100. The Hall–Kier alpha value is -2.85. The fourth-order valence-corrected chi connectivity index (χ4v) is 6.11. The molecule has 1 saturated heterocycles. The number of amides is 2. The van der Waals surface area contributed by atoms with E-state index in [1.807, 2.05) is 0 Å². The van der Waals surface area contributed by atoms with E-state index in [0.29, 0.717) is 38.2 Å². The highest BCUT2D eigenvalue weighted by molar-refractivity contribution is 7.89. The van der Waals surface area contributed by atoms with E-state index < -0.39 is 10.0 Å². The van der Waals surface area contributed by atoms with Gasteiger partial charge in [-0.05, 0) is 56.0 Å². The van der Waals surface area contributed by atoms with Crippen molar-refractivity contribution in [2.75, 3.05) is 20.2 Å². The molecular weight excluding hydrogens is 458 g/mol. The van der Waals surface area contributed by atoms with Gasteiger partial charge >= 0.3 is 0 Å². The Kier molecular flexibility index (Phi) is 7.57. The predicted molar refractivity (Wildman–Crippen MR) is 125 cm³/mol. The molecule has 4 rings (SSSR count). The van der Waals surface area contributed by atoms with Crippen molar-refractivity contribution >= 4 is 21.8 Å². The summed E-state index contributed by atoms with van der Waals surface area (Å²) < 4.78 is 39.3. The van der Waals surface area contributed by atoms with Gasteiger partial charge in [0.2, 0.25) is 15.9 Å². The summed E-state index contributed by atoms with van der Waals surface area (Å²) in [5.74, 6) is 0.401. The summed E-state index contributed by atoms with van der Waals surface area (Å²) in [6.07, 6.45) is 6.26. The van der Waals surface area contributed by atoms with Gasteiger partial charge in [0.15, 0.2) is 0 Å². The number of hydrogen-bond donors (Lipinski definition) is 2. The monoisotopic (exact) mass is 489 g/mol. The minimum absolute atomic E-state index is 0.0278. The number of benzene rings is 1. The second kappa shape index (κ2) is 10.6. The van der Waals surface area contributed by atoms with Crippen molar-refractivity contribution in [1.29, 1.82) is 0 Å². The highest BCUT2D eigenvalue weighted by Crippen LogP contribution is 2.28. The van der Waals surface area contributed by atoms with Crippen LogP contribution in [0.4, 0.5) is 0 Å². The number of carbonyl (C=O) groups excluding carboxylic acids is 2. The van der Waals surface area contributed by atoms with Crippen LogP contribution >= 0.6 is 0 Å². The molecule has 34 heavy (non-hydrogen) atoms. The van der Waals surface area contributed by atoms with Gasteiger partial charge in [-0.3, -0.25) is 9.59 Å². The zero-order valence-electron chi connectivity index (χ0n) is 19.3. The lowest BCUT2D eigenvalue weighted by molar-refractivity contribution is -0.126. The van der Waals surface area contributed by atoms with E-state index in [0.717, 1.165) is 25.7 Å². The number of nitrogens with zero attached hydrogens (tertiary/aromatic N) is 1. The van der Waals surface area contributed by atoms with Crippen LogP contribution < -0.4 is 14.8 Å². The summed E-state index contributed by atoms with van der Waals surface area (Å²) in [7, 11) is -2.41. The van der Waals surface area contributed by atoms with Crippen LogP contribution in [0, 0.1) is 5.92 Å². The third-order valence-electron chi connectivity index (χ3n) is 6.55. The molecule has 10 heteroatoms. The molecule has 2 heterocycles. The number of ether oxygens (including phenoxy) is 1. The first kappa shape index (κ1) is 24.3. The fraction of sp³-hybridized carbons (Fsp3) is 0.500. The van der Waals surface area contributed by atoms with Crippen LogP contribution in [0.15, 0.2) is 45.9 Å². The Morgan fingerprint density at radius 2 is 1.85 bits per heavy atom. The highest BCUT2D eigenvalue weighted by atomic mass is 32.2. The largest absolute Gasteiger partial charge is 0.495 e. The molecule has 1 saturated carbocycles. The van der Waals surface area contributed by atoms with E-state index in [1.54, 1.807) is 29.4 Å². The molecule has 0 unspecified atom stereocenters. The number of nitrogens with one attached hydrogen (secondary N) is 2. The molecule has 0 radical (unpaired) electrons. The summed E-state index contributed by atoms with van der Waals surface area (Å²) in [4.78, 5) is 27.2. The molecule has 1 aromatic carbocycles. The number of rotatable bonds is 8. The molecule has 1 aliphatic carbocycles. The molecule has 0 spiro atoms. The number of furan rings is 1. The van der Waals surface area contributed by atoms with Crippen molar-refractivity contribution in [1.82, 2.24) is 14.9 Å². The van der Waals surface area contributed by atoms with E-state index in [1.165, 1.54) is 19.2 Å². The van der Waals surface area contributed by atoms with Gasteiger partial charge in [0.25, 0.3) is 5.91 Å². The maximum atomic E-state index is 13.1. The van der Waals surface area contributed by atoms with Crippen molar-refractivity contribution in [3.8, 4) is 5.75 Å². The molecule has 2 aromatic rings. The van der Waals surface area contributed by atoms with Crippen LogP contribution in [0.25, 0.3) is 0 Å². The first-order valence-corrected chi connectivity index (χ1v) is 13.2. The Labute approximate surface area is 199 Å². The van der Waals surface area contributed by atoms with E-state index >= 15 is 0 Å². The maximum absolute atomic E-state index is 13.1. The maximum Gasteiger partial charge on any atom is 0.253 e. The van der Waals surface area contributed by atoms with Gasteiger partial charge in [-0.2, -0.15) is 0 Å². The molecule has 2 aliphatic rings. The average Bonchev–Trinajstić information content (AvgIpc) is 3.56. The van der Waals surface area contributed by atoms with Gasteiger partial charge in [0, 0.05) is 30.6 Å². The van der Waals surface area contributed by atoms with Gasteiger partial charge in [-0.1, -0.05) is 12.8 Å². The van der Waals surface area contributed by atoms with Gasteiger partial charge in [0.05, 0.1) is 19.9 Å². The number of piperidine rings is 1. The van der Waals surface area contributed by atoms with Crippen LogP contribution in [0.1, 0.15) is 54.6 Å². The zero-order valence-corrected chi connectivity index (χ0v) is 20.1. The number of methoxy groups -OCH3 is 1. The fourth-order valence-electron chi connectivity index (χ4n) is 4.61. The second-order valence-electron chi connectivity index (χ2n) is 8.83. The molecule has 2 amide bonds. The van der Waals surface area contributed by atoms with Crippen molar-refractivity contribution in [3.63, 3.8) is 0 Å². The quantitative estimate of drug-likeness (QED) is 0.589. The van der Waals surface area contributed by atoms with Gasteiger partial charge < -0.3 is 19.4 Å². The van der Waals surface area contributed by atoms with E-state index in [9.17, 15) is 18.0 Å². The van der Waals surface area contributed by atoms with Gasteiger partial charge in [0.1, 0.15) is 16.4 Å². The summed E-state index contributed by atoms with van der Waals surface area (Å²) in [5.41, 5.74) is 0.285. The molecular formula is C24H31N3O6S. The average molecular weight is 490 g/mol. The smallest absolute Gasteiger partial charge is 0.253 e. The van der Waals surface area contributed by atoms with Crippen molar-refractivity contribution in [2.45, 2.75) is 56.0 Å². The number of hydrogen-bond acceptors (Lipinski definition) is 6. The number of likely N-dealkylation sites (tertiary alicyclic amines) is 1. The summed E-state index contributed by atoms with van der Waals surface area (Å²) in [6.45, 7) is 1.18. The van der Waals surface area contributed by atoms with Gasteiger partial charge in [-0.25, -0.2) is 13.1 Å². The third-order valence-corrected chi connectivity index (χ3v) is 8.09. The topological polar surface area (TPSA) is 118 Å². The Morgan fingerprint density at radius 3 is 2.50 bits per heavy atom. The summed E-state index contributed by atoms with van der Waals surface area (Å²) in [6, 6.07) is 7.97. The van der Waals surface area contributed by atoms with Crippen LogP contribution in [0.5, 0.6) is 5.75 Å². The normalized spacial score (nSPS) is 17.6. The third kappa shape index (κ3) is 5.61. The molecule has 184 valence electrons. The number of sulfonamides is 1. The van der Waals surface area contributed by atoms with Crippen LogP contribution in [-0.4, -0.2) is 51.4 Å². The summed E-state index contributed by atoms with van der Waals surface area (Å²) >= 11 is 0. The molecule has 1 aromatic heterocycles. The van der Waals surface area contributed by atoms with Crippen molar-refractivity contribution < 1.29 is 27.2 Å². The lowest BCUT2D eigenvalue weighted by Gasteiger charge is -2.31. The van der Waals surface area contributed by atoms with Crippen LogP contribution in [-0.2, 0) is 21.4 Å². The molecule has 2 N–H and O–H groups in total. The summed E-state index contributed by atoms with van der Waals surface area (Å²) in [5, 5.41) is 2.87. The second-order valence-corrected chi connectivity index (χ2v) is 10.5. The number of carbonyl (C=O) groups is 2. The zero-order chi connectivity index (χ0) is 24.1. The lowest BCUT2D eigenvalue weighted by atomic mass is 9.95. The SMILES string of the molecule is COc1ccc(C(=O)N2CCC(C(=O)NCc3ccco3)CC2)cc1S(=O)(=O)NC1CCCC1. The van der Waals surface area contributed by atoms with E-state index in [2.05, 4.69) is 10.0 Å². The Morgan fingerprint density at radius 1 is 1.12 bits per heavy atom. The van der Waals surface area contributed by atoms with E-state index in [-0.39, 0.29) is 40.0 Å². The van der Waals surface area contributed by atoms with Crippen molar-refractivity contribution in [2.24, 2.45) is 5.92 Å². The molecule has 9 nitrogen and oxygen atoms in total. The molecule has 1 aliphatic heterocycles. The van der Waals surface area contributed by atoms with E-state index in [4.69, 9.17) is 9.15 Å². The Balaban J connectivity index is 1.39. The minimum Gasteiger partial charge on any atom is -0.495 e. The van der Waals surface area contributed by atoms with Crippen LogP contribution in [0.3, 0.4) is 0 Å². The lowest BCUT2D eigenvalue weighted by Crippen LogP contribution is -2.43. The molecule has 2 fully saturated rings. The van der Waals surface area contributed by atoms with Crippen LogP contribution in [0.2, 0.25) is 0 Å². The highest BCUT2D eigenvalue weighted by Gasteiger charge is 2.30. The van der Waals surface area contributed by atoms with Gasteiger partial charge in [-0.15, -0.1) is 0 Å². The predicted octanol–water partition coefficient (Wildman–Crippen LogP) is 2.68. The molecule has 0 atom stereocenters.